The molecule has 0 aliphatic heterocycles. The molecule has 0 aromatic carbocycles. The zero-order valence-corrected chi connectivity index (χ0v) is 17.5. The number of nitrogens with one attached hydrogen (secondary N) is 2. The van der Waals surface area contributed by atoms with Gasteiger partial charge in [-0.3, -0.25) is 9.78 Å². The summed E-state index contributed by atoms with van der Waals surface area (Å²) >= 11 is 6.04. The van der Waals surface area contributed by atoms with Crippen LogP contribution >= 0.6 is 11.6 Å². The number of carbonyl (C=O) groups excluding carboxylic acids is 1. The van der Waals surface area contributed by atoms with Crippen molar-refractivity contribution in [3.8, 4) is 11.4 Å². The van der Waals surface area contributed by atoms with Gasteiger partial charge < -0.3 is 10.3 Å². The van der Waals surface area contributed by atoms with Gasteiger partial charge in [0.1, 0.15) is 5.65 Å². The van der Waals surface area contributed by atoms with Crippen LogP contribution in [0.3, 0.4) is 0 Å². The average Bonchev–Trinajstić information content (AvgIpc) is 3.19. The van der Waals surface area contributed by atoms with Crippen molar-refractivity contribution < 1.29 is 9.18 Å². The molecule has 158 valence electrons. The molecule has 0 bridgehead atoms. The van der Waals surface area contributed by atoms with Gasteiger partial charge in [-0.15, -0.1) is 0 Å². The maximum Gasteiger partial charge on any atom is 0.183 e. The second kappa shape index (κ2) is 9.18. The Kier molecular flexibility index (Phi) is 6.18. The lowest BCUT2D eigenvalue weighted by molar-refractivity contribution is -0.119. The Labute approximate surface area is 183 Å². The molecule has 0 saturated heterocycles. The highest BCUT2D eigenvalue weighted by Crippen LogP contribution is 2.28. The molecule has 0 saturated carbocycles. The molecule has 0 spiro atoms. The number of aromatic nitrogens is 5. The van der Waals surface area contributed by atoms with Crippen LogP contribution in [-0.2, 0) is 11.2 Å². The average molecular weight is 439 g/mol. The lowest BCUT2D eigenvalue weighted by atomic mass is 10.1. The second-order valence-electron chi connectivity index (χ2n) is 7.15. The van der Waals surface area contributed by atoms with Crippen molar-refractivity contribution in [2.75, 3.05) is 5.32 Å². The third-order valence-electron chi connectivity index (χ3n) is 4.90. The van der Waals surface area contributed by atoms with E-state index in [0.717, 1.165) is 17.3 Å². The molecule has 4 aromatic rings. The minimum atomic E-state index is -0.632. The van der Waals surface area contributed by atoms with Crippen LogP contribution < -0.4 is 5.32 Å². The normalized spacial score (nSPS) is 12.1. The molecule has 2 N–H and O–H groups in total. The summed E-state index contributed by atoms with van der Waals surface area (Å²) in [5.74, 6) is -0.389. The van der Waals surface area contributed by atoms with Crippen molar-refractivity contribution in [3.05, 3.63) is 65.6 Å². The molecule has 31 heavy (non-hydrogen) atoms. The molecule has 0 aliphatic rings. The predicted octanol–water partition coefficient (Wildman–Crippen LogP) is 4.60. The minimum absolute atomic E-state index is 0.0279. The van der Waals surface area contributed by atoms with Gasteiger partial charge in [0.15, 0.2) is 23.2 Å². The number of Topliss-reactive ketones (excluding diaryl/α,β-unsaturated/α-hetero) is 1. The number of carbonyl (C=O) groups is 1. The summed E-state index contributed by atoms with van der Waals surface area (Å²) in [4.78, 5) is 32.4. The summed E-state index contributed by atoms with van der Waals surface area (Å²) in [6.45, 7) is 1.69. The Morgan fingerprint density at radius 3 is 2.94 bits per heavy atom. The van der Waals surface area contributed by atoms with E-state index in [1.54, 1.807) is 25.4 Å². The van der Waals surface area contributed by atoms with Gasteiger partial charge in [0.05, 0.1) is 17.3 Å². The van der Waals surface area contributed by atoms with Gasteiger partial charge in [-0.1, -0.05) is 17.7 Å². The zero-order chi connectivity index (χ0) is 21.8. The number of anilines is 1. The fourth-order valence-electron chi connectivity index (χ4n) is 3.25. The third-order valence-corrected chi connectivity index (χ3v) is 5.11. The molecule has 7 nitrogen and oxygen atoms in total. The quantitative estimate of drug-likeness (QED) is 0.417. The van der Waals surface area contributed by atoms with Crippen LogP contribution in [-0.4, -0.2) is 36.7 Å². The molecule has 9 heteroatoms. The molecular formula is C22H20ClFN6O. The lowest BCUT2D eigenvalue weighted by Gasteiger charge is -2.14. The fraction of sp³-hybridized carbons (Fsp3) is 0.227. The Bertz CT molecular complexity index is 1210. The largest absolute Gasteiger partial charge is 0.358 e. The topological polar surface area (TPSA) is 96.5 Å². The number of nitrogens with zero attached hydrogens (tertiary/aromatic N) is 4. The van der Waals surface area contributed by atoms with Gasteiger partial charge in [0, 0.05) is 41.7 Å². The predicted molar refractivity (Wildman–Crippen MR) is 117 cm³/mol. The highest BCUT2D eigenvalue weighted by atomic mass is 35.5. The monoisotopic (exact) mass is 438 g/mol. The number of hydrogen-bond donors (Lipinski definition) is 2. The van der Waals surface area contributed by atoms with E-state index in [0.29, 0.717) is 41.3 Å². The van der Waals surface area contributed by atoms with E-state index in [-0.39, 0.29) is 11.6 Å². The minimum Gasteiger partial charge on any atom is -0.358 e. The number of fused-ring (bicyclic) bond motifs is 1. The summed E-state index contributed by atoms with van der Waals surface area (Å²) in [6.07, 6.45) is 7.77. The Morgan fingerprint density at radius 2 is 2.13 bits per heavy atom. The van der Waals surface area contributed by atoms with Gasteiger partial charge in [-0.25, -0.2) is 19.3 Å². The van der Waals surface area contributed by atoms with Crippen LogP contribution in [0.2, 0.25) is 5.02 Å². The molecular weight excluding hydrogens is 419 g/mol. The van der Waals surface area contributed by atoms with Gasteiger partial charge in [-0.05, 0) is 38.0 Å². The first-order valence-corrected chi connectivity index (χ1v) is 10.2. The van der Waals surface area contributed by atoms with Crippen molar-refractivity contribution in [1.82, 2.24) is 24.9 Å². The molecule has 4 rings (SSSR count). The molecule has 4 aromatic heterocycles. The summed E-state index contributed by atoms with van der Waals surface area (Å²) in [6, 6.07) is 6.84. The highest BCUT2D eigenvalue weighted by molar-refractivity contribution is 6.31. The van der Waals surface area contributed by atoms with Crippen LogP contribution in [0.1, 0.15) is 25.5 Å². The van der Waals surface area contributed by atoms with Crippen molar-refractivity contribution >= 4 is 34.2 Å². The molecule has 0 unspecified atom stereocenters. The van der Waals surface area contributed by atoms with Gasteiger partial charge >= 0.3 is 0 Å². The molecule has 1 atom stereocenters. The highest BCUT2D eigenvalue weighted by Gasteiger charge is 2.18. The van der Waals surface area contributed by atoms with Crippen LogP contribution in [0.25, 0.3) is 22.4 Å². The number of halogens is 2. The summed E-state index contributed by atoms with van der Waals surface area (Å²) in [7, 11) is 0. The number of aryl methyl sites for hydroxylation is 1. The number of H-pyrrole nitrogens is 1. The Balaban J connectivity index is 1.45. The summed E-state index contributed by atoms with van der Waals surface area (Å²) < 4.78 is 14.3. The standard InChI is InChI=1S/C22H20ClFN6O/c1-13(19(31)7-4-6-15-5-2-3-8-25-15)29-22-18(24)12-28-21(30-22)17-11-27-20-16(17)9-14(23)10-26-20/h2-3,5,8-13H,4,6-7H2,1H3,(H,26,27)(H,28,29,30)/t13-/m0/s1. The molecule has 0 radical (unpaired) electrons. The number of ketones is 1. The van der Waals surface area contributed by atoms with Crippen molar-refractivity contribution in [2.45, 2.75) is 32.2 Å². The Morgan fingerprint density at radius 1 is 1.26 bits per heavy atom. The van der Waals surface area contributed by atoms with E-state index in [4.69, 9.17) is 11.6 Å². The van der Waals surface area contributed by atoms with Gasteiger partial charge in [0.25, 0.3) is 0 Å². The second-order valence-corrected chi connectivity index (χ2v) is 7.59. The maximum atomic E-state index is 14.3. The van der Waals surface area contributed by atoms with Crippen LogP contribution in [0.4, 0.5) is 10.2 Å². The number of rotatable bonds is 8. The summed E-state index contributed by atoms with van der Waals surface area (Å²) in [5.41, 5.74) is 2.20. The zero-order valence-electron chi connectivity index (χ0n) is 16.8. The molecule has 4 heterocycles. The van der Waals surface area contributed by atoms with Crippen LogP contribution in [0.5, 0.6) is 0 Å². The Hall–Kier alpha value is -3.39. The number of hydrogen-bond acceptors (Lipinski definition) is 6. The third kappa shape index (κ3) is 4.86. The van der Waals surface area contributed by atoms with Crippen LogP contribution in [0, 0.1) is 5.82 Å². The fourth-order valence-corrected chi connectivity index (χ4v) is 3.41. The molecule has 0 aliphatic carbocycles. The van der Waals surface area contributed by atoms with E-state index in [2.05, 4.69) is 30.2 Å². The maximum absolute atomic E-state index is 14.3. The SMILES string of the molecule is C[C@H](Nc1nc(-c2c[nH]c3ncc(Cl)cc23)ncc1F)C(=O)CCCc1ccccn1. The number of pyridine rings is 2. The molecule has 0 amide bonds. The van der Waals surface area contributed by atoms with Crippen molar-refractivity contribution in [1.29, 1.82) is 0 Å². The van der Waals surface area contributed by atoms with Gasteiger partial charge in [-0.2, -0.15) is 0 Å². The van der Waals surface area contributed by atoms with E-state index >= 15 is 0 Å². The van der Waals surface area contributed by atoms with E-state index in [1.165, 1.54) is 6.20 Å². The van der Waals surface area contributed by atoms with E-state index in [9.17, 15) is 9.18 Å². The first-order chi connectivity index (χ1) is 15.0. The summed E-state index contributed by atoms with van der Waals surface area (Å²) in [5, 5.41) is 4.07. The molecule has 0 fully saturated rings. The lowest BCUT2D eigenvalue weighted by Crippen LogP contribution is -2.27. The van der Waals surface area contributed by atoms with E-state index in [1.807, 2.05) is 18.2 Å². The van der Waals surface area contributed by atoms with Gasteiger partial charge in [0.2, 0.25) is 0 Å². The number of aromatic amines is 1. The van der Waals surface area contributed by atoms with Crippen molar-refractivity contribution in [2.24, 2.45) is 0 Å². The van der Waals surface area contributed by atoms with Crippen molar-refractivity contribution in [3.63, 3.8) is 0 Å². The first kappa shape index (κ1) is 20.9. The van der Waals surface area contributed by atoms with Crippen LogP contribution in [0.15, 0.2) is 49.1 Å². The smallest absolute Gasteiger partial charge is 0.183 e. The first-order valence-electron chi connectivity index (χ1n) is 9.86. The van der Waals surface area contributed by atoms with E-state index < -0.39 is 11.9 Å².